The van der Waals surface area contributed by atoms with Crippen LogP contribution in [0.25, 0.3) is 10.2 Å². The van der Waals surface area contributed by atoms with E-state index in [-0.39, 0.29) is 11.0 Å². The molecule has 0 radical (unpaired) electrons. The van der Waals surface area contributed by atoms with Gasteiger partial charge in [-0.2, -0.15) is 0 Å². The molecule has 0 aliphatic heterocycles. The van der Waals surface area contributed by atoms with Crippen molar-refractivity contribution in [3.8, 4) is 0 Å². The first kappa shape index (κ1) is 17.7. The Labute approximate surface area is 172 Å². The van der Waals surface area contributed by atoms with Gasteiger partial charge in [0.05, 0.1) is 11.1 Å². The third-order valence-corrected chi connectivity index (χ3v) is 9.83. The lowest BCUT2D eigenvalue weighted by Crippen LogP contribution is -2.50. The Hall–Kier alpha value is -1.14. The minimum atomic E-state index is -0.0613. The van der Waals surface area contributed by atoms with Crippen LogP contribution in [0.3, 0.4) is 0 Å². The summed E-state index contributed by atoms with van der Waals surface area (Å²) in [5.41, 5.74) is 1.14. The van der Waals surface area contributed by atoms with Crippen molar-refractivity contribution in [2.75, 3.05) is 5.75 Å². The van der Waals surface area contributed by atoms with Gasteiger partial charge in [0.1, 0.15) is 10.6 Å². The van der Waals surface area contributed by atoms with E-state index in [2.05, 4.69) is 4.98 Å². The summed E-state index contributed by atoms with van der Waals surface area (Å²) >= 11 is 3.12. The summed E-state index contributed by atoms with van der Waals surface area (Å²) < 4.78 is 0. The molecule has 0 amide bonds. The van der Waals surface area contributed by atoms with Crippen molar-refractivity contribution in [3.05, 3.63) is 20.8 Å². The largest absolute Gasteiger partial charge is 0.301 e. The second-order valence-electron chi connectivity index (χ2n) is 9.67. The summed E-state index contributed by atoms with van der Waals surface area (Å²) in [5.74, 6) is 3.21. The van der Waals surface area contributed by atoms with Crippen molar-refractivity contribution in [1.29, 1.82) is 0 Å². The highest BCUT2D eigenvalue weighted by Gasteiger charge is 2.54. The number of aromatic amines is 1. The first-order valence-electron chi connectivity index (χ1n) is 10.8. The molecule has 2 heterocycles. The Bertz CT molecular complexity index is 986. The third-order valence-electron chi connectivity index (χ3n) is 7.77. The SMILES string of the molecule is O=C(CSc1nc2sc3c(c2c(=O)[nH]1)CCCC3)C12CC3CC(CC(C3)C1)C2. The zero-order valence-electron chi connectivity index (χ0n) is 16.1. The molecule has 7 rings (SSSR count). The standard InChI is InChI=1S/C22H26N2O2S2/c25-17(22-8-12-5-13(9-22)7-14(6-12)10-22)11-27-21-23-19(26)18-15-3-1-2-4-16(15)28-20(18)24-21/h12-14H,1-11H2,(H,23,24,26). The van der Waals surface area contributed by atoms with Gasteiger partial charge in [0, 0.05) is 10.3 Å². The highest BCUT2D eigenvalue weighted by molar-refractivity contribution is 7.99. The number of H-pyrrole nitrogens is 1. The van der Waals surface area contributed by atoms with Crippen LogP contribution in [0, 0.1) is 23.2 Å². The van der Waals surface area contributed by atoms with Gasteiger partial charge in [0.2, 0.25) is 0 Å². The molecule has 148 valence electrons. The lowest BCUT2D eigenvalue weighted by atomic mass is 9.48. The van der Waals surface area contributed by atoms with Gasteiger partial charge in [-0.1, -0.05) is 11.8 Å². The molecule has 5 aliphatic rings. The number of ketones is 1. The molecule has 0 unspecified atom stereocenters. The third kappa shape index (κ3) is 2.74. The molecular formula is C22H26N2O2S2. The summed E-state index contributed by atoms with van der Waals surface area (Å²) in [7, 11) is 0. The Kier molecular flexibility index (Phi) is 4.06. The van der Waals surface area contributed by atoms with Crippen molar-refractivity contribution >= 4 is 39.1 Å². The van der Waals surface area contributed by atoms with E-state index < -0.39 is 0 Å². The molecule has 1 N–H and O–H groups in total. The maximum Gasteiger partial charge on any atom is 0.260 e. The number of nitrogens with one attached hydrogen (secondary N) is 1. The summed E-state index contributed by atoms with van der Waals surface area (Å²) in [6.07, 6.45) is 11.8. The van der Waals surface area contributed by atoms with E-state index in [1.807, 2.05) is 0 Å². The fraction of sp³-hybridized carbons (Fsp3) is 0.682. The number of fused-ring (bicyclic) bond motifs is 3. The molecule has 4 nitrogen and oxygen atoms in total. The minimum Gasteiger partial charge on any atom is -0.301 e. The average molecular weight is 415 g/mol. The molecule has 0 saturated heterocycles. The molecule has 4 saturated carbocycles. The smallest absolute Gasteiger partial charge is 0.260 e. The summed E-state index contributed by atoms with van der Waals surface area (Å²) in [4.78, 5) is 35.9. The number of thiophene rings is 1. The van der Waals surface area contributed by atoms with Crippen molar-refractivity contribution in [3.63, 3.8) is 0 Å². The number of Topliss-reactive ketones (excluding diaryl/α,β-unsaturated/α-hetero) is 1. The van der Waals surface area contributed by atoms with Crippen LogP contribution in [-0.2, 0) is 17.6 Å². The van der Waals surface area contributed by atoms with E-state index in [0.717, 1.165) is 66.5 Å². The zero-order chi connectivity index (χ0) is 18.9. The predicted octanol–water partition coefficient (Wildman–Crippen LogP) is 4.74. The molecule has 0 spiro atoms. The van der Waals surface area contributed by atoms with Gasteiger partial charge in [-0.15, -0.1) is 11.3 Å². The molecule has 4 fully saturated rings. The molecule has 0 aromatic carbocycles. The van der Waals surface area contributed by atoms with Crippen LogP contribution in [0.2, 0.25) is 0 Å². The first-order valence-corrected chi connectivity index (χ1v) is 12.6. The lowest BCUT2D eigenvalue weighted by Gasteiger charge is -2.56. The van der Waals surface area contributed by atoms with Crippen LogP contribution in [0.4, 0.5) is 0 Å². The van der Waals surface area contributed by atoms with Crippen molar-refractivity contribution in [2.45, 2.75) is 69.4 Å². The number of nitrogens with zero attached hydrogens (tertiary/aromatic N) is 1. The monoisotopic (exact) mass is 414 g/mol. The zero-order valence-corrected chi connectivity index (χ0v) is 17.7. The van der Waals surface area contributed by atoms with Crippen LogP contribution >= 0.6 is 23.1 Å². The normalized spacial score (nSPS) is 33.4. The molecule has 2 aromatic rings. The highest BCUT2D eigenvalue weighted by atomic mass is 32.2. The minimum absolute atomic E-state index is 0.0193. The quantitative estimate of drug-likeness (QED) is 0.580. The molecule has 0 atom stereocenters. The van der Waals surface area contributed by atoms with E-state index in [1.165, 1.54) is 47.9 Å². The summed E-state index contributed by atoms with van der Waals surface area (Å²) in [6.45, 7) is 0. The van der Waals surface area contributed by atoms with Gasteiger partial charge < -0.3 is 4.98 Å². The Morgan fingerprint density at radius 1 is 1.11 bits per heavy atom. The van der Waals surface area contributed by atoms with Gasteiger partial charge in [-0.3, -0.25) is 9.59 Å². The highest BCUT2D eigenvalue weighted by Crippen LogP contribution is 2.60. The number of thioether (sulfide) groups is 1. The van der Waals surface area contributed by atoms with E-state index >= 15 is 0 Å². The lowest BCUT2D eigenvalue weighted by molar-refractivity contribution is -0.141. The van der Waals surface area contributed by atoms with Gasteiger partial charge in [0.15, 0.2) is 5.16 Å². The van der Waals surface area contributed by atoms with Crippen LogP contribution in [0.15, 0.2) is 9.95 Å². The van der Waals surface area contributed by atoms with Gasteiger partial charge in [-0.25, -0.2) is 4.98 Å². The fourth-order valence-electron chi connectivity index (χ4n) is 6.95. The van der Waals surface area contributed by atoms with E-state index in [1.54, 1.807) is 11.3 Å². The Morgan fingerprint density at radius 2 is 1.79 bits per heavy atom. The summed E-state index contributed by atoms with van der Waals surface area (Å²) in [5, 5.41) is 1.42. The number of hydrogen-bond donors (Lipinski definition) is 1. The second-order valence-corrected chi connectivity index (χ2v) is 11.7. The molecule has 2 aromatic heterocycles. The second kappa shape index (κ2) is 6.43. The fourth-order valence-corrected chi connectivity index (χ4v) is 9.17. The molecular weight excluding hydrogens is 388 g/mol. The van der Waals surface area contributed by atoms with Crippen LogP contribution in [0.1, 0.15) is 61.8 Å². The summed E-state index contributed by atoms with van der Waals surface area (Å²) in [6, 6.07) is 0. The van der Waals surface area contributed by atoms with Crippen molar-refractivity contribution in [1.82, 2.24) is 9.97 Å². The van der Waals surface area contributed by atoms with E-state index in [4.69, 9.17) is 4.98 Å². The van der Waals surface area contributed by atoms with E-state index in [9.17, 15) is 9.59 Å². The van der Waals surface area contributed by atoms with Crippen LogP contribution in [-0.4, -0.2) is 21.5 Å². The number of aromatic nitrogens is 2. The number of rotatable bonds is 4. The Balaban J connectivity index is 1.23. The van der Waals surface area contributed by atoms with Crippen LogP contribution in [0.5, 0.6) is 0 Å². The average Bonchev–Trinajstić information content (AvgIpc) is 3.04. The van der Waals surface area contributed by atoms with Gasteiger partial charge >= 0.3 is 0 Å². The maximum atomic E-state index is 13.2. The number of carbonyl (C=O) groups is 1. The maximum absolute atomic E-state index is 13.2. The van der Waals surface area contributed by atoms with Gasteiger partial charge in [-0.05, 0) is 87.5 Å². The van der Waals surface area contributed by atoms with Crippen LogP contribution < -0.4 is 5.56 Å². The molecule has 5 aliphatic carbocycles. The predicted molar refractivity (Wildman–Crippen MR) is 113 cm³/mol. The number of hydrogen-bond acceptors (Lipinski definition) is 5. The molecule has 28 heavy (non-hydrogen) atoms. The Morgan fingerprint density at radius 3 is 2.50 bits per heavy atom. The first-order chi connectivity index (χ1) is 13.6. The molecule has 4 bridgehead atoms. The number of aryl methyl sites for hydroxylation is 2. The van der Waals surface area contributed by atoms with Crippen molar-refractivity contribution < 1.29 is 4.79 Å². The van der Waals surface area contributed by atoms with Gasteiger partial charge in [0.25, 0.3) is 5.56 Å². The number of carbonyl (C=O) groups excluding carboxylic acids is 1. The van der Waals surface area contributed by atoms with E-state index in [0.29, 0.717) is 16.7 Å². The molecule has 6 heteroatoms. The van der Waals surface area contributed by atoms with Crippen molar-refractivity contribution in [2.24, 2.45) is 23.2 Å². The topological polar surface area (TPSA) is 62.8 Å².